The lowest BCUT2D eigenvalue weighted by molar-refractivity contribution is 0.0881. The van der Waals surface area contributed by atoms with Gasteiger partial charge in [0.15, 0.2) is 0 Å². The molecule has 70 valence electrons. The molecule has 0 atom stereocenters. The summed E-state index contributed by atoms with van der Waals surface area (Å²) in [5.74, 6) is -3.21. The average molecular weight is 190 g/mol. The quantitative estimate of drug-likeness (QED) is 0.648. The fourth-order valence-corrected chi connectivity index (χ4v) is 1.35. The molecule has 0 amide bonds. The Morgan fingerprint density at radius 3 is 1.50 bits per heavy atom. The van der Waals surface area contributed by atoms with Crippen LogP contribution >= 0.6 is 0 Å². The standard InChI is InChI=1S/C10H6O4/c11-7-5-3-1-2-4-6(5)8(12)10(14)9(7)13/h1-4,13-14H. The summed E-state index contributed by atoms with van der Waals surface area (Å²) in [4.78, 5) is 22.7. The van der Waals surface area contributed by atoms with Crippen LogP contribution in [0.1, 0.15) is 20.7 Å². The van der Waals surface area contributed by atoms with E-state index in [0.717, 1.165) is 0 Å². The van der Waals surface area contributed by atoms with Gasteiger partial charge in [-0.05, 0) is 0 Å². The molecule has 0 spiro atoms. The third-order valence-corrected chi connectivity index (χ3v) is 2.07. The largest absolute Gasteiger partial charge is 0.501 e. The van der Waals surface area contributed by atoms with Gasteiger partial charge in [-0.25, -0.2) is 0 Å². The van der Waals surface area contributed by atoms with Gasteiger partial charge in [0.25, 0.3) is 0 Å². The van der Waals surface area contributed by atoms with E-state index in [-0.39, 0.29) is 11.1 Å². The molecule has 1 aliphatic carbocycles. The molecule has 1 aromatic rings. The number of aliphatic hydroxyl groups excluding tert-OH is 2. The molecule has 1 aliphatic rings. The van der Waals surface area contributed by atoms with Gasteiger partial charge in [0.2, 0.25) is 23.1 Å². The monoisotopic (exact) mass is 190 g/mol. The molecule has 14 heavy (non-hydrogen) atoms. The normalized spacial score (nSPS) is 15.7. The lowest BCUT2D eigenvalue weighted by Gasteiger charge is -2.12. The van der Waals surface area contributed by atoms with Crippen LogP contribution in [0.15, 0.2) is 35.8 Å². The number of hydrogen-bond acceptors (Lipinski definition) is 4. The molecule has 0 bridgehead atoms. The summed E-state index contributed by atoms with van der Waals surface area (Å²) in [7, 11) is 0. The molecule has 0 saturated carbocycles. The molecule has 0 saturated heterocycles. The maximum atomic E-state index is 11.4. The number of aliphatic hydroxyl groups is 2. The summed E-state index contributed by atoms with van der Waals surface area (Å²) in [6.45, 7) is 0. The van der Waals surface area contributed by atoms with Crippen molar-refractivity contribution in [1.29, 1.82) is 0 Å². The zero-order valence-corrected chi connectivity index (χ0v) is 7.02. The molecule has 0 fully saturated rings. The first-order chi connectivity index (χ1) is 6.63. The third-order valence-electron chi connectivity index (χ3n) is 2.07. The number of benzene rings is 1. The van der Waals surface area contributed by atoms with Crippen LogP contribution in [-0.2, 0) is 0 Å². The number of carbonyl (C=O) groups is 2. The van der Waals surface area contributed by atoms with Crippen molar-refractivity contribution in [2.45, 2.75) is 0 Å². The van der Waals surface area contributed by atoms with Crippen molar-refractivity contribution >= 4 is 11.6 Å². The summed E-state index contributed by atoms with van der Waals surface area (Å²) in [6.07, 6.45) is 0. The molecular weight excluding hydrogens is 184 g/mol. The Morgan fingerprint density at radius 2 is 1.14 bits per heavy atom. The topological polar surface area (TPSA) is 74.6 Å². The zero-order valence-electron chi connectivity index (χ0n) is 7.02. The number of rotatable bonds is 0. The van der Waals surface area contributed by atoms with Crippen LogP contribution in [0.4, 0.5) is 0 Å². The van der Waals surface area contributed by atoms with Crippen molar-refractivity contribution in [2.24, 2.45) is 0 Å². The maximum Gasteiger partial charge on any atom is 0.232 e. The van der Waals surface area contributed by atoms with Crippen LogP contribution in [-0.4, -0.2) is 21.8 Å². The summed E-state index contributed by atoms with van der Waals surface area (Å²) >= 11 is 0. The van der Waals surface area contributed by atoms with E-state index in [0.29, 0.717) is 0 Å². The Bertz CT molecular complexity index is 428. The summed E-state index contributed by atoms with van der Waals surface area (Å²) in [5, 5.41) is 18.2. The Morgan fingerprint density at radius 1 is 0.786 bits per heavy atom. The van der Waals surface area contributed by atoms with Gasteiger partial charge in [-0.1, -0.05) is 24.3 Å². The summed E-state index contributed by atoms with van der Waals surface area (Å²) < 4.78 is 0. The minimum absolute atomic E-state index is 0.118. The van der Waals surface area contributed by atoms with Crippen LogP contribution in [0, 0.1) is 0 Å². The van der Waals surface area contributed by atoms with E-state index in [1.165, 1.54) is 12.1 Å². The highest BCUT2D eigenvalue weighted by molar-refractivity contribution is 6.24. The first kappa shape index (κ1) is 8.50. The van der Waals surface area contributed by atoms with Gasteiger partial charge < -0.3 is 10.2 Å². The van der Waals surface area contributed by atoms with Crippen LogP contribution in [0.2, 0.25) is 0 Å². The second-order valence-electron chi connectivity index (χ2n) is 2.90. The number of carbonyl (C=O) groups excluding carboxylic acids is 2. The highest BCUT2D eigenvalue weighted by Gasteiger charge is 2.31. The van der Waals surface area contributed by atoms with Crippen molar-refractivity contribution in [3.05, 3.63) is 46.9 Å². The molecule has 0 aromatic heterocycles. The van der Waals surface area contributed by atoms with Gasteiger partial charge in [-0.15, -0.1) is 0 Å². The Balaban J connectivity index is 2.73. The van der Waals surface area contributed by atoms with Crippen molar-refractivity contribution in [3.8, 4) is 0 Å². The molecule has 0 radical (unpaired) electrons. The van der Waals surface area contributed by atoms with Gasteiger partial charge in [0.1, 0.15) is 0 Å². The number of ketones is 2. The zero-order chi connectivity index (χ0) is 10.3. The Labute approximate surface area is 79.1 Å². The van der Waals surface area contributed by atoms with Crippen molar-refractivity contribution < 1.29 is 19.8 Å². The summed E-state index contributed by atoms with van der Waals surface area (Å²) in [6, 6.07) is 6.02. The predicted molar refractivity (Wildman–Crippen MR) is 47.4 cm³/mol. The molecule has 1 aromatic carbocycles. The SMILES string of the molecule is O=C1C(O)=C(O)C(=O)c2ccccc21. The lowest BCUT2D eigenvalue weighted by Crippen LogP contribution is -2.21. The number of Topliss-reactive ketones (excluding diaryl/α,β-unsaturated/α-hetero) is 2. The molecule has 0 unspecified atom stereocenters. The van der Waals surface area contributed by atoms with Gasteiger partial charge in [0, 0.05) is 11.1 Å². The Hall–Kier alpha value is -2.10. The molecule has 0 aliphatic heterocycles. The molecule has 0 heterocycles. The second kappa shape index (κ2) is 2.70. The molecule has 4 heteroatoms. The van der Waals surface area contributed by atoms with E-state index in [1.807, 2.05) is 0 Å². The van der Waals surface area contributed by atoms with Crippen molar-refractivity contribution in [3.63, 3.8) is 0 Å². The van der Waals surface area contributed by atoms with Crippen LogP contribution in [0.25, 0.3) is 0 Å². The maximum absolute atomic E-state index is 11.4. The minimum atomic E-state index is -0.881. The fourth-order valence-electron chi connectivity index (χ4n) is 1.35. The molecule has 4 nitrogen and oxygen atoms in total. The van der Waals surface area contributed by atoms with Crippen molar-refractivity contribution in [2.75, 3.05) is 0 Å². The van der Waals surface area contributed by atoms with E-state index in [1.54, 1.807) is 12.1 Å². The van der Waals surface area contributed by atoms with Gasteiger partial charge in [0.05, 0.1) is 0 Å². The predicted octanol–water partition coefficient (Wildman–Crippen LogP) is 1.39. The molecule has 2 N–H and O–H groups in total. The van der Waals surface area contributed by atoms with E-state index in [4.69, 9.17) is 10.2 Å². The van der Waals surface area contributed by atoms with Crippen LogP contribution < -0.4 is 0 Å². The summed E-state index contributed by atoms with van der Waals surface area (Å²) in [5.41, 5.74) is 0.237. The highest BCUT2D eigenvalue weighted by Crippen LogP contribution is 2.22. The molecule has 2 rings (SSSR count). The third kappa shape index (κ3) is 0.939. The minimum Gasteiger partial charge on any atom is -0.501 e. The van der Waals surface area contributed by atoms with E-state index < -0.39 is 23.1 Å². The van der Waals surface area contributed by atoms with E-state index >= 15 is 0 Å². The van der Waals surface area contributed by atoms with Crippen LogP contribution in [0.3, 0.4) is 0 Å². The van der Waals surface area contributed by atoms with Gasteiger partial charge in [-0.3, -0.25) is 9.59 Å². The second-order valence-corrected chi connectivity index (χ2v) is 2.90. The van der Waals surface area contributed by atoms with E-state index in [9.17, 15) is 9.59 Å². The molecular formula is C10H6O4. The first-order valence-electron chi connectivity index (χ1n) is 3.93. The average Bonchev–Trinajstić information content (AvgIpc) is 2.23. The van der Waals surface area contributed by atoms with Crippen molar-refractivity contribution in [1.82, 2.24) is 0 Å². The van der Waals surface area contributed by atoms with E-state index in [2.05, 4.69) is 0 Å². The van der Waals surface area contributed by atoms with Crippen LogP contribution in [0.5, 0.6) is 0 Å². The lowest BCUT2D eigenvalue weighted by atomic mass is 9.92. The Kier molecular flexibility index (Phi) is 1.64. The van der Waals surface area contributed by atoms with Gasteiger partial charge in [-0.2, -0.15) is 0 Å². The fraction of sp³-hybridized carbons (Fsp3) is 0. The number of fused-ring (bicyclic) bond motifs is 1. The number of allylic oxidation sites excluding steroid dienone is 2. The smallest absolute Gasteiger partial charge is 0.232 e. The first-order valence-corrected chi connectivity index (χ1v) is 3.93. The highest BCUT2D eigenvalue weighted by atomic mass is 16.3. The van der Waals surface area contributed by atoms with Gasteiger partial charge >= 0.3 is 0 Å². The number of hydrogen-bond donors (Lipinski definition) is 2.